The maximum atomic E-state index is 10.7. The topological polar surface area (TPSA) is 53.8 Å². The van der Waals surface area contributed by atoms with Gasteiger partial charge in [0.1, 0.15) is 0 Å². The van der Waals surface area contributed by atoms with Crippen molar-refractivity contribution in [1.29, 1.82) is 0 Å². The summed E-state index contributed by atoms with van der Waals surface area (Å²) in [5.74, 6) is 0. The number of likely N-dealkylation sites (tertiary alicyclic amines) is 1. The minimum Gasteiger partial charge on any atom is -0.390 e. The summed E-state index contributed by atoms with van der Waals surface area (Å²) in [7, 11) is 0. The summed E-state index contributed by atoms with van der Waals surface area (Å²) < 4.78 is 7.44. The quantitative estimate of drug-likeness (QED) is 0.708. The van der Waals surface area contributed by atoms with Crippen molar-refractivity contribution in [3.63, 3.8) is 0 Å². The van der Waals surface area contributed by atoms with E-state index in [1.54, 1.807) is 0 Å². The van der Waals surface area contributed by atoms with Gasteiger partial charge in [-0.3, -0.25) is 9.80 Å². The SMILES string of the molecule is O[C@@H]1CN(Cc2cn(-c3ccccc3)nc2-c2ccccc2)C[C@H]1N1CCOCC1. The first-order valence-corrected chi connectivity index (χ1v) is 10.7. The third kappa shape index (κ3) is 4.04. The Kier molecular flexibility index (Phi) is 5.64. The van der Waals surface area contributed by atoms with E-state index in [1.165, 1.54) is 5.56 Å². The van der Waals surface area contributed by atoms with Crippen LogP contribution in [0.15, 0.2) is 66.9 Å². The molecule has 0 saturated carbocycles. The fraction of sp³-hybridized carbons (Fsp3) is 0.375. The minimum absolute atomic E-state index is 0.179. The van der Waals surface area contributed by atoms with Crippen LogP contribution in [-0.4, -0.2) is 76.2 Å². The van der Waals surface area contributed by atoms with Gasteiger partial charge in [-0.05, 0) is 12.1 Å². The maximum Gasteiger partial charge on any atom is 0.0972 e. The van der Waals surface area contributed by atoms with Gasteiger partial charge in [0.25, 0.3) is 0 Å². The van der Waals surface area contributed by atoms with Gasteiger partial charge >= 0.3 is 0 Å². The average molecular weight is 405 g/mol. The standard InChI is InChI=1S/C24H28N4O2/c29-23-18-26(17-22(23)27-11-13-30-14-12-27)15-20-16-28(21-9-5-2-6-10-21)25-24(20)19-7-3-1-4-8-19/h1-10,16,22-23,29H,11-15,17-18H2/t22-,23-/m1/s1. The summed E-state index contributed by atoms with van der Waals surface area (Å²) in [5.41, 5.74) is 4.35. The van der Waals surface area contributed by atoms with Crippen LogP contribution >= 0.6 is 0 Å². The number of nitrogens with zero attached hydrogens (tertiary/aromatic N) is 4. The normalized spacial score (nSPS) is 23.1. The molecule has 30 heavy (non-hydrogen) atoms. The molecule has 0 spiro atoms. The van der Waals surface area contributed by atoms with Gasteiger partial charge in [-0.25, -0.2) is 4.68 Å². The lowest BCUT2D eigenvalue weighted by Crippen LogP contribution is -2.48. The zero-order valence-corrected chi connectivity index (χ0v) is 17.1. The Hall–Kier alpha value is -2.51. The highest BCUT2D eigenvalue weighted by atomic mass is 16.5. The van der Waals surface area contributed by atoms with Crippen molar-refractivity contribution < 1.29 is 9.84 Å². The van der Waals surface area contributed by atoms with Gasteiger partial charge in [-0.1, -0.05) is 48.5 Å². The number of aliphatic hydroxyl groups is 1. The molecule has 0 radical (unpaired) electrons. The largest absolute Gasteiger partial charge is 0.390 e. The van der Waals surface area contributed by atoms with Gasteiger partial charge in [0, 0.05) is 56.1 Å². The number of rotatable bonds is 5. The molecule has 2 aromatic carbocycles. The van der Waals surface area contributed by atoms with E-state index >= 15 is 0 Å². The smallest absolute Gasteiger partial charge is 0.0972 e. The number of aliphatic hydroxyl groups excluding tert-OH is 1. The Morgan fingerprint density at radius 2 is 1.63 bits per heavy atom. The molecule has 2 saturated heterocycles. The highest BCUT2D eigenvalue weighted by molar-refractivity contribution is 5.63. The first-order chi connectivity index (χ1) is 14.8. The fourth-order valence-corrected chi connectivity index (χ4v) is 4.56. The number of benzene rings is 2. The predicted molar refractivity (Wildman–Crippen MR) is 116 cm³/mol. The molecule has 2 aliphatic heterocycles. The van der Waals surface area contributed by atoms with Crippen molar-refractivity contribution in [2.24, 2.45) is 0 Å². The maximum absolute atomic E-state index is 10.7. The fourth-order valence-electron chi connectivity index (χ4n) is 4.56. The van der Waals surface area contributed by atoms with Crippen molar-refractivity contribution in [2.45, 2.75) is 18.7 Å². The van der Waals surface area contributed by atoms with Gasteiger partial charge in [0.05, 0.1) is 30.7 Å². The van der Waals surface area contributed by atoms with E-state index in [4.69, 9.17) is 9.84 Å². The zero-order valence-electron chi connectivity index (χ0n) is 17.1. The number of hydrogen-bond donors (Lipinski definition) is 1. The molecule has 3 heterocycles. The Morgan fingerprint density at radius 1 is 0.933 bits per heavy atom. The van der Waals surface area contributed by atoms with E-state index in [2.05, 4.69) is 52.4 Å². The summed E-state index contributed by atoms with van der Waals surface area (Å²) >= 11 is 0. The third-order valence-corrected chi connectivity index (χ3v) is 6.10. The first kappa shape index (κ1) is 19.5. The van der Waals surface area contributed by atoms with Crippen LogP contribution in [-0.2, 0) is 11.3 Å². The molecule has 2 fully saturated rings. The molecule has 2 atom stereocenters. The molecule has 156 valence electrons. The summed E-state index contributed by atoms with van der Waals surface area (Å²) in [4.78, 5) is 4.73. The van der Waals surface area contributed by atoms with Crippen LogP contribution in [0, 0.1) is 0 Å². The van der Waals surface area contributed by atoms with Crippen LogP contribution in [0.1, 0.15) is 5.56 Å². The zero-order chi connectivity index (χ0) is 20.3. The van der Waals surface area contributed by atoms with Crippen molar-refractivity contribution in [1.82, 2.24) is 19.6 Å². The monoisotopic (exact) mass is 404 g/mol. The second kappa shape index (κ2) is 8.70. The van der Waals surface area contributed by atoms with E-state index in [9.17, 15) is 5.11 Å². The second-order valence-electron chi connectivity index (χ2n) is 8.13. The van der Waals surface area contributed by atoms with Gasteiger partial charge in [-0.15, -0.1) is 0 Å². The van der Waals surface area contributed by atoms with Gasteiger partial charge < -0.3 is 9.84 Å². The molecule has 0 bridgehead atoms. The second-order valence-corrected chi connectivity index (χ2v) is 8.13. The molecular weight excluding hydrogens is 376 g/mol. The van der Waals surface area contributed by atoms with Gasteiger partial charge in [0.2, 0.25) is 0 Å². The summed E-state index contributed by atoms with van der Waals surface area (Å²) in [6, 6.07) is 20.7. The van der Waals surface area contributed by atoms with Crippen LogP contribution in [0.25, 0.3) is 16.9 Å². The van der Waals surface area contributed by atoms with Gasteiger partial charge in [-0.2, -0.15) is 5.10 Å². The van der Waals surface area contributed by atoms with E-state index in [0.717, 1.165) is 56.3 Å². The van der Waals surface area contributed by atoms with Crippen LogP contribution in [0.3, 0.4) is 0 Å². The minimum atomic E-state index is -0.326. The molecule has 1 aromatic heterocycles. The predicted octanol–water partition coefficient (Wildman–Crippen LogP) is 2.42. The van der Waals surface area contributed by atoms with Crippen molar-refractivity contribution in [3.8, 4) is 16.9 Å². The molecule has 2 aliphatic rings. The lowest BCUT2D eigenvalue weighted by Gasteiger charge is -2.33. The van der Waals surface area contributed by atoms with E-state index in [0.29, 0.717) is 6.54 Å². The van der Waals surface area contributed by atoms with Crippen LogP contribution in [0.5, 0.6) is 0 Å². The molecular formula is C24H28N4O2. The molecule has 6 heteroatoms. The van der Waals surface area contributed by atoms with E-state index in [-0.39, 0.29) is 12.1 Å². The average Bonchev–Trinajstić information content (AvgIpc) is 3.39. The highest BCUT2D eigenvalue weighted by Crippen LogP contribution is 2.27. The Balaban J connectivity index is 1.40. The lowest BCUT2D eigenvalue weighted by molar-refractivity contribution is -0.00618. The van der Waals surface area contributed by atoms with E-state index in [1.807, 2.05) is 28.9 Å². The molecule has 0 unspecified atom stereocenters. The van der Waals surface area contributed by atoms with Gasteiger partial charge in [0.15, 0.2) is 0 Å². The molecule has 6 nitrogen and oxygen atoms in total. The van der Waals surface area contributed by atoms with Crippen LogP contribution in [0.4, 0.5) is 0 Å². The Labute approximate surface area is 177 Å². The Morgan fingerprint density at radius 3 is 2.37 bits per heavy atom. The highest BCUT2D eigenvalue weighted by Gasteiger charge is 2.36. The molecule has 3 aromatic rings. The number of ether oxygens (including phenoxy) is 1. The number of β-amino-alcohol motifs (C(OH)–C–C–N with tert-alkyl or cyclic N) is 1. The number of aromatic nitrogens is 2. The first-order valence-electron chi connectivity index (χ1n) is 10.7. The third-order valence-electron chi connectivity index (χ3n) is 6.10. The Bertz CT molecular complexity index is 954. The van der Waals surface area contributed by atoms with Crippen molar-refractivity contribution in [2.75, 3.05) is 39.4 Å². The summed E-state index contributed by atoms with van der Waals surface area (Å²) in [5, 5.41) is 15.6. The molecule has 0 aliphatic carbocycles. The van der Waals surface area contributed by atoms with Crippen molar-refractivity contribution in [3.05, 3.63) is 72.4 Å². The van der Waals surface area contributed by atoms with Crippen LogP contribution in [0.2, 0.25) is 0 Å². The van der Waals surface area contributed by atoms with Crippen molar-refractivity contribution >= 4 is 0 Å². The van der Waals surface area contributed by atoms with Crippen LogP contribution < -0.4 is 0 Å². The summed E-state index contributed by atoms with van der Waals surface area (Å²) in [6.45, 7) is 5.64. The summed E-state index contributed by atoms with van der Waals surface area (Å²) in [6.07, 6.45) is 1.80. The number of hydrogen-bond acceptors (Lipinski definition) is 5. The molecule has 5 rings (SSSR count). The molecule has 1 N–H and O–H groups in total. The number of para-hydroxylation sites is 1. The molecule has 0 amide bonds. The number of morpholine rings is 1. The van der Waals surface area contributed by atoms with E-state index < -0.39 is 0 Å². The lowest BCUT2D eigenvalue weighted by atomic mass is 10.1.